The predicted molar refractivity (Wildman–Crippen MR) is 62.1 cm³/mol. The number of aromatic amines is 1. The lowest BCUT2D eigenvalue weighted by Gasteiger charge is -2.22. The molecular weight excluding hydrogens is 244 g/mol. The largest absolute Gasteiger partial charge is 0.396 e. The van der Waals surface area contributed by atoms with Gasteiger partial charge in [-0.25, -0.2) is 8.42 Å². The van der Waals surface area contributed by atoms with Gasteiger partial charge in [0.05, 0.1) is 23.4 Å². The molecule has 2 heterocycles. The van der Waals surface area contributed by atoms with Crippen LogP contribution in [0.4, 0.5) is 5.69 Å². The summed E-state index contributed by atoms with van der Waals surface area (Å²) in [4.78, 5) is 11.7. The molecule has 4 N–H and O–H groups in total. The number of nitrogens with two attached hydrogens (primary N) is 1. The standard InChI is InChI=1S/C9H14N4O3S/c10-7-5-11-13-8(7)9(14)12-6-1-3-17(15,16)4-2-6/h5-6H,1-4,10H2,(H,11,13)(H,12,14). The minimum Gasteiger partial charge on any atom is -0.396 e. The van der Waals surface area contributed by atoms with Gasteiger partial charge in [-0.2, -0.15) is 5.10 Å². The van der Waals surface area contributed by atoms with Crippen molar-refractivity contribution in [2.75, 3.05) is 17.2 Å². The lowest BCUT2D eigenvalue weighted by molar-refractivity contribution is 0.0930. The fraction of sp³-hybridized carbons (Fsp3) is 0.556. The molecule has 8 heteroatoms. The first-order valence-electron chi connectivity index (χ1n) is 5.28. The first-order chi connectivity index (χ1) is 7.98. The molecule has 0 bridgehead atoms. The van der Waals surface area contributed by atoms with Crippen molar-refractivity contribution in [2.24, 2.45) is 0 Å². The molecule has 1 fully saturated rings. The highest BCUT2D eigenvalue weighted by Crippen LogP contribution is 2.13. The number of nitrogen functional groups attached to an aromatic ring is 1. The van der Waals surface area contributed by atoms with E-state index in [4.69, 9.17) is 5.73 Å². The van der Waals surface area contributed by atoms with Gasteiger partial charge in [0.2, 0.25) is 0 Å². The fourth-order valence-electron chi connectivity index (χ4n) is 1.77. The van der Waals surface area contributed by atoms with Crippen LogP contribution in [0.1, 0.15) is 23.3 Å². The van der Waals surface area contributed by atoms with Gasteiger partial charge in [-0.1, -0.05) is 0 Å². The Balaban J connectivity index is 1.95. The van der Waals surface area contributed by atoms with Crippen LogP contribution >= 0.6 is 0 Å². The number of rotatable bonds is 2. The van der Waals surface area contributed by atoms with Gasteiger partial charge in [0.15, 0.2) is 0 Å². The number of hydrogen-bond donors (Lipinski definition) is 3. The lowest BCUT2D eigenvalue weighted by Crippen LogP contribution is -2.41. The van der Waals surface area contributed by atoms with Gasteiger partial charge in [0, 0.05) is 6.04 Å². The average molecular weight is 258 g/mol. The van der Waals surface area contributed by atoms with Gasteiger partial charge in [-0.05, 0) is 12.8 Å². The van der Waals surface area contributed by atoms with Crippen molar-refractivity contribution in [3.05, 3.63) is 11.9 Å². The van der Waals surface area contributed by atoms with E-state index in [1.54, 1.807) is 0 Å². The average Bonchev–Trinajstić information content (AvgIpc) is 2.68. The number of carbonyl (C=O) groups excluding carboxylic acids is 1. The Morgan fingerprint density at radius 2 is 2.12 bits per heavy atom. The summed E-state index contributed by atoms with van der Waals surface area (Å²) in [6.45, 7) is 0. The molecule has 17 heavy (non-hydrogen) atoms. The molecule has 0 saturated carbocycles. The monoisotopic (exact) mass is 258 g/mol. The van der Waals surface area contributed by atoms with Crippen molar-refractivity contribution < 1.29 is 13.2 Å². The Kier molecular flexibility index (Phi) is 3.05. The second-order valence-corrected chi connectivity index (χ2v) is 6.40. The maximum atomic E-state index is 11.7. The Hall–Kier alpha value is -1.57. The summed E-state index contributed by atoms with van der Waals surface area (Å²) in [5, 5.41) is 8.90. The highest BCUT2D eigenvalue weighted by atomic mass is 32.2. The second-order valence-electron chi connectivity index (χ2n) is 4.10. The molecule has 0 spiro atoms. The first-order valence-corrected chi connectivity index (χ1v) is 7.10. The van der Waals surface area contributed by atoms with Crippen molar-refractivity contribution in [3.63, 3.8) is 0 Å². The number of hydrogen-bond acceptors (Lipinski definition) is 5. The van der Waals surface area contributed by atoms with E-state index in [9.17, 15) is 13.2 Å². The summed E-state index contributed by atoms with van der Waals surface area (Å²) in [6.07, 6.45) is 2.25. The Morgan fingerprint density at radius 1 is 1.47 bits per heavy atom. The Bertz CT molecular complexity index is 508. The highest BCUT2D eigenvalue weighted by Gasteiger charge is 2.25. The third-order valence-corrected chi connectivity index (χ3v) is 4.50. The number of carbonyl (C=O) groups is 1. The van der Waals surface area contributed by atoms with Crippen LogP contribution in [0.3, 0.4) is 0 Å². The summed E-state index contributed by atoms with van der Waals surface area (Å²) in [6, 6.07) is -0.117. The summed E-state index contributed by atoms with van der Waals surface area (Å²) in [5.41, 5.74) is 6.04. The smallest absolute Gasteiger partial charge is 0.271 e. The molecule has 0 atom stereocenters. The van der Waals surface area contributed by atoms with Crippen molar-refractivity contribution in [3.8, 4) is 0 Å². The zero-order valence-electron chi connectivity index (χ0n) is 9.14. The summed E-state index contributed by atoms with van der Waals surface area (Å²) < 4.78 is 22.4. The molecule has 1 saturated heterocycles. The molecule has 7 nitrogen and oxygen atoms in total. The van der Waals surface area contributed by atoms with Crippen LogP contribution in [0.25, 0.3) is 0 Å². The van der Waals surface area contributed by atoms with E-state index in [0.29, 0.717) is 12.8 Å². The van der Waals surface area contributed by atoms with E-state index in [-0.39, 0.29) is 34.8 Å². The van der Waals surface area contributed by atoms with Crippen LogP contribution in [0, 0.1) is 0 Å². The highest BCUT2D eigenvalue weighted by molar-refractivity contribution is 7.91. The van der Waals surface area contributed by atoms with Crippen LogP contribution in [-0.2, 0) is 9.84 Å². The molecule has 1 aliphatic rings. The molecule has 2 rings (SSSR count). The predicted octanol–water partition coefficient (Wildman–Crippen LogP) is -0.701. The second kappa shape index (κ2) is 4.36. The minimum atomic E-state index is -2.91. The van der Waals surface area contributed by atoms with E-state index in [1.807, 2.05) is 0 Å². The number of anilines is 1. The van der Waals surface area contributed by atoms with Crippen molar-refractivity contribution in [1.29, 1.82) is 0 Å². The zero-order valence-corrected chi connectivity index (χ0v) is 9.96. The van der Waals surface area contributed by atoms with Crippen LogP contribution in [0.2, 0.25) is 0 Å². The molecule has 0 aliphatic carbocycles. The van der Waals surface area contributed by atoms with Gasteiger partial charge in [0.25, 0.3) is 5.91 Å². The van der Waals surface area contributed by atoms with Crippen molar-refractivity contribution in [1.82, 2.24) is 15.5 Å². The molecule has 0 radical (unpaired) electrons. The number of H-pyrrole nitrogens is 1. The van der Waals surface area contributed by atoms with E-state index in [0.717, 1.165) is 0 Å². The van der Waals surface area contributed by atoms with E-state index in [1.165, 1.54) is 6.20 Å². The maximum Gasteiger partial charge on any atom is 0.271 e. The molecule has 0 unspecified atom stereocenters. The van der Waals surface area contributed by atoms with Crippen LogP contribution in [-0.4, -0.2) is 42.1 Å². The zero-order chi connectivity index (χ0) is 12.5. The minimum absolute atomic E-state index is 0.117. The maximum absolute atomic E-state index is 11.7. The number of amides is 1. The van der Waals surface area contributed by atoms with Gasteiger partial charge in [0.1, 0.15) is 15.5 Å². The molecule has 1 aliphatic heterocycles. The normalized spacial score (nSPS) is 20.0. The molecule has 94 valence electrons. The molecule has 0 aromatic carbocycles. The lowest BCUT2D eigenvalue weighted by atomic mass is 10.1. The van der Waals surface area contributed by atoms with Crippen LogP contribution in [0.5, 0.6) is 0 Å². The number of sulfone groups is 1. The van der Waals surface area contributed by atoms with Gasteiger partial charge in [-0.15, -0.1) is 0 Å². The van der Waals surface area contributed by atoms with Crippen LogP contribution in [0.15, 0.2) is 6.20 Å². The summed E-state index contributed by atoms with van der Waals surface area (Å²) >= 11 is 0. The van der Waals surface area contributed by atoms with Gasteiger partial charge >= 0.3 is 0 Å². The quantitative estimate of drug-likeness (QED) is 0.648. The number of nitrogens with one attached hydrogen (secondary N) is 2. The molecule has 1 aromatic heterocycles. The topological polar surface area (TPSA) is 118 Å². The van der Waals surface area contributed by atoms with E-state index in [2.05, 4.69) is 15.5 Å². The molecule has 1 aromatic rings. The fourth-order valence-corrected chi connectivity index (χ4v) is 3.26. The summed E-state index contributed by atoms with van der Waals surface area (Å²) in [5.74, 6) is -0.100. The van der Waals surface area contributed by atoms with Gasteiger partial charge < -0.3 is 11.1 Å². The number of nitrogens with zero attached hydrogens (tertiary/aromatic N) is 1. The van der Waals surface area contributed by atoms with E-state index >= 15 is 0 Å². The molecule has 1 amide bonds. The number of aromatic nitrogens is 2. The van der Waals surface area contributed by atoms with Crippen LogP contribution < -0.4 is 11.1 Å². The Morgan fingerprint density at radius 3 is 2.65 bits per heavy atom. The molecular formula is C9H14N4O3S. The first kappa shape index (κ1) is 11.9. The SMILES string of the molecule is Nc1cn[nH]c1C(=O)NC1CCS(=O)(=O)CC1. The summed E-state index contributed by atoms with van der Waals surface area (Å²) in [7, 11) is -2.91. The third kappa shape index (κ3) is 2.76. The van der Waals surface area contributed by atoms with Gasteiger partial charge in [-0.3, -0.25) is 9.89 Å². The van der Waals surface area contributed by atoms with E-state index < -0.39 is 9.84 Å². The van der Waals surface area contributed by atoms with Crippen molar-refractivity contribution in [2.45, 2.75) is 18.9 Å². The Labute approximate surface area is 98.7 Å². The van der Waals surface area contributed by atoms with Crippen molar-refractivity contribution >= 4 is 21.4 Å². The third-order valence-electron chi connectivity index (χ3n) is 2.79.